The minimum Gasteiger partial charge on any atom is -0.357 e. The lowest BCUT2D eigenvalue weighted by Crippen LogP contribution is -2.37. The fraction of sp³-hybridized carbons (Fsp3) is 0.500. The Labute approximate surface area is 161 Å². The van der Waals surface area contributed by atoms with Crippen LogP contribution in [0.1, 0.15) is 35.0 Å². The van der Waals surface area contributed by atoms with Crippen LogP contribution in [0.4, 0.5) is 4.39 Å². The van der Waals surface area contributed by atoms with E-state index in [4.69, 9.17) is 0 Å². The van der Waals surface area contributed by atoms with Crippen LogP contribution in [0.25, 0.3) is 0 Å². The van der Waals surface area contributed by atoms with E-state index in [1.165, 1.54) is 11.6 Å². The van der Waals surface area contributed by atoms with Gasteiger partial charge in [0, 0.05) is 43.5 Å². The second-order valence-corrected chi connectivity index (χ2v) is 6.99. The topological polar surface area (TPSA) is 57.5 Å². The molecular weight excluding hydrogens is 343 g/mol. The average Bonchev–Trinajstić information content (AvgIpc) is 2.85. The zero-order chi connectivity index (χ0) is 20.0. The first-order valence-electron chi connectivity index (χ1n) is 9.25. The molecule has 0 bridgehead atoms. The van der Waals surface area contributed by atoms with Crippen LogP contribution in [0.15, 0.2) is 23.2 Å². The monoisotopic (exact) mass is 374 g/mol. The van der Waals surface area contributed by atoms with Crippen LogP contribution in [-0.4, -0.2) is 41.3 Å². The maximum absolute atomic E-state index is 13.9. The van der Waals surface area contributed by atoms with Gasteiger partial charge in [-0.15, -0.1) is 0 Å². The quantitative estimate of drug-likeness (QED) is 0.578. The van der Waals surface area contributed by atoms with Crippen LogP contribution in [0.2, 0.25) is 0 Å². The minimum atomic E-state index is -0.177. The highest BCUT2D eigenvalue weighted by atomic mass is 19.1. The van der Waals surface area contributed by atoms with Crippen LogP contribution in [0.3, 0.4) is 0 Å². The van der Waals surface area contributed by atoms with Gasteiger partial charge in [-0.2, -0.15) is 5.10 Å². The summed E-state index contributed by atoms with van der Waals surface area (Å²) >= 11 is 0. The maximum atomic E-state index is 13.9. The predicted octanol–water partition coefficient (Wildman–Crippen LogP) is 2.49. The molecule has 0 aliphatic carbocycles. The summed E-state index contributed by atoms with van der Waals surface area (Å²) in [4.78, 5) is 6.60. The van der Waals surface area contributed by atoms with Crippen LogP contribution < -0.4 is 10.6 Å². The van der Waals surface area contributed by atoms with Crippen molar-refractivity contribution in [3.63, 3.8) is 0 Å². The van der Waals surface area contributed by atoms with Crippen LogP contribution >= 0.6 is 0 Å². The summed E-state index contributed by atoms with van der Waals surface area (Å²) in [5.41, 5.74) is 5.01. The van der Waals surface area contributed by atoms with Crippen molar-refractivity contribution in [1.82, 2.24) is 25.3 Å². The summed E-state index contributed by atoms with van der Waals surface area (Å²) in [7, 11) is 5.81. The lowest BCUT2D eigenvalue weighted by Gasteiger charge is -2.13. The molecule has 0 saturated carbocycles. The van der Waals surface area contributed by atoms with E-state index in [1.54, 1.807) is 6.07 Å². The molecule has 148 valence electrons. The molecule has 0 amide bonds. The molecule has 1 heterocycles. The van der Waals surface area contributed by atoms with E-state index in [2.05, 4.69) is 27.6 Å². The van der Waals surface area contributed by atoms with Gasteiger partial charge in [-0.25, -0.2) is 9.38 Å². The van der Waals surface area contributed by atoms with Gasteiger partial charge >= 0.3 is 0 Å². The Bertz CT molecular complexity index is 794. The van der Waals surface area contributed by atoms with Crippen molar-refractivity contribution in [2.45, 2.75) is 40.4 Å². The fourth-order valence-corrected chi connectivity index (χ4v) is 2.95. The molecule has 0 unspecified atom stereocenters. The average molecular weight is 375 g/mol. The van der Waals surface area contributed by atoms with Crippen molar-refractivity contribution in [3.8, 4) is 0 Å². The molecule has 2 aromatic rings. The third-order valence-electron chi connectivity index (χ3n) is 4.45. The molecule has 0 radical (unpaired) electrons. The summed E-state index contributed by atoms with van der Waals surface area (Å²) in [6.45, 7) is 8.59. The Balaban J connectivity index is 2.09. The molecule has 2 rings (SSSR count). The Kier molecular flexibility index (Phi) is 7.36. The molecule has 7 heteroatoms. The van der Waals surface area contributed by atoms with Crippen molar-refractivity contribution >= 4 is 5.96 Å². The normalized spacial score (nSPS) is 11.9. The van der Waals surface area contributed by atoms with Crippen molar-refractivity contribution < 1.29 is 4.39 Å². The number of halogens is 1. The smallest absolute Gasteiger partial charge is 0.191 e. The number of nitrogens with one attached hydrogen (secondary N) is 2. The van der Waals surface area contributed by atoms with Gasteiger partial charge in [0.15, 0.2) is 5.96 Å². The lowest BCUT2D eigenvalue weighted by atomic mass is 10.1. The number of aliphatic imine (C=N–C) groups is 1. The molecule has 2 N–H and O–H groups in total. The van der Waals surface area contributed by atoms with Crippen LogP contribution in [0, 0.1) is 19.7 Å². The summed E-state index contributed by atoms with van der Waals surface area (Å²) in [6.07, 6.45) is 0. The second kappa shape index (κ2) is 9.50. The molecule has 1 aromatic carbocycles. The van der Waals surface area contributed by atoms with E-state index < -0.39 is 0 Å². The van der Waals surface area contributed by atoms with E-state index >= 15 is 0 Å². The first kappa shape index (κ1) is 20.9. The lowest BCUT2D eigenvalue weighted by molar-refractivity contribution is 0.392. The third kappa shape index (κ3) is 5.79. The largest absolute Gasteiger partial charge is 0.357 e. The highest BCUT2D eigenvalue weighted by Crippen LogP contribution is 2.14. The molecule has 0 aliphatic rings. The van der Waals surface area contributed by atoms with Crippen LogP contribution in [-0.2, 0) is 26.7 Å². The zero-order valence-corrected chi connectivity index (χ0v) is 17.2. The van der Waals surface area contributed by atoms with E-state index in [1.807, 2.05) is 50.6 Å². The minimum absolute atomic E-state index is 0.177. The first-order valence-corrected chi connectivity index (χ1v) is 9.25. The number of nitrogens with zero attached hydrogens (tertiary/aromatic N) is 4. The van der Waals surface area contributed by atoms with Crippen molar-refractivity contribution in [3.05, 3.63) is 52.1 Å². The summed E-state index contributed by atoms with van der Waals surface area (Å²) in [5, 5.41) is 11.1. The van der Waals surface area contributed by atoms with Gasteiger partial charge in [0.25, 0.3) is 0 Å². The molecule has 0 spiro atoms. The van der Waals surface area contributed by atoms with Crippen molar-refractivity contribution in [1.29, 1.82) is 0 Å². The second-order valence-electron chi connectivity index (χ2n) is 6.99. The third-order valence-corrected chi connectivity index (χ3v) is 4.45. The summed E-state index contributed by atoms with van der Waals surface area (Å²) in [6, 6.07) is 5.20. The Morgan fingerprint density at radius 3 is 2.59 bits per heavy atom. The number of hydrogen-bond acceptors (Lipinski definition) is 3. The molecule has 0 fully saturated rings. The molecule has 27 heavy (non-hydrogen) atoms. The van der Waals surface area contributed by atoms with Gasteiger partial charge in [0.2, 0.25) is 0 Å². The standard InChI is InChI=1S/C20H31FN6/c1-7-22-20(24-12-18-14(2)25-27(6)15(18)3)23-11-16-8-9-19(21)17(10-16)13-26(4)5/h8-10H,7,11-13H2,1-6H3,(H2,22,23,24). The van der Waals surface area contributed by atoms with E-state index in [9.17, 15) is 4.39 Å². The molecular formula is C20H31FN6. The molecule has 0 atom stereocenters. The molecule has 6 nitrogen and oxygen atoms in total. The van der Waals surface area contributed by atoms with E-state index in [-0.39, 0.29) is 5.82 Å². The molecule has 1 aromatic heterocycles. The number of hydrogen-bond donors (Lipinski definition) is 2. The first-order chi connectivity index (χ1) is 12.8. The van der Waals surface area contributed by atoms with Gasteiger partial charge in [-0.1, -0.05) is 6.07 Å². The van der Waals surface area contributed by atoms with Gasteiger partial charge in [0.1, 0.15) is 5.82 Å². The van der Waals surface area contributed by atoms with Crippen molar-refractivity contribution in [2.75, 3.05) is 20.6 Å². The highest BCUT2D eigenvalue weighted by Gasteiger charge is 2.10. The van der Waals surface area contributed by atoms with E-state index in [0.717, 1.165) is 29.5 Å². The number of rotatable bonds is 7. The number of aromatic nitrogens is 2. The Hall–Kier alpha value is -2.41. The Morgan fingerprint density at radius 2 is 2.00 bits per heavy atom. The zero-order valence-electron chi connectivity index (χ0n) is 17.2. The summed E-state index contributed by atoms with van der Waals surface area (Å²) in [5.74, 6) is 0.558. The van der Waals surface area contributed by atoms with Gasteiger partial charge in [-0.3, -0.25) is 4.68 Å². The van der Waals surface area contributed by atoms with Gasteiger partial charge in [-0.05, 0) is 52.6 Å². The molecule has 0 saturated heterocycles. The van der Waals surface area contributed by atoms with Crippen LogP contribution in [0.5, 0.6) is 0 Å². The Morgan fingerprint density at radius 1 is 1.26 bits per heavy atom. The fourth-order valence-electron chi connectivity index (χ4n) is 2.95. The van der Waals surface area contributed by atoms with E-state index in [0.29, 0.717) is 25.2 Å². The SMILES string of the molecule is CCNC(=NCc1ccc(F)c(CN(C)C)c1)NCc1c(C)nn(C)c1C. The number of guanidine groups is 1. The maximum Gasteiger partial charge on any atom is 0.191 e. The predicted molar refractivity (Wildman–Crippen MR) is 108 cm³/mol. The van der Waals surface area contributed by atoms with Crippen molar-refractivity contribution in [2.24, 2.45) is 12.0 Å². The molecule has 0 aliphatic heterocycles. The van der Waals surface area contributed by atoms with Gasteiger partial charge in [0.05, 0.1) is 12.2 Å². The number of benzene rings is 1. The number of aryl methyl sites for hydroxylation is 2. The van der Waals surface area contributed by atoms with Gasteiger partial charge < -0.3 is 15.5 Å². The highest BCUT2D eigenvalue weighted by molar-refractivity contribution is 5.79. The summed E-state index contributed by atoms with van der Waals surface area (Å²) < 4.78 is 15.8.